The second-order valence-corrected chi connectivity index (χ2v) is 5.27. The van der Waals surface area contributed by atoms with Crippen LogP contribution in [-0.4, -0.2) is 18.3 Å². The van der Waals surface area contributed by atoms with E-state index in [1.165, 1.54) is 11.1 Å². The first-order valence-electron chi connectivity index (χ1n) is 7.41. The zero-order valence-electron chi connectivity index (χ0n) is 13.5. The Morgan fingerprint density at radius 2 is 2.05 bits per heavy atom. The molecule has 1 rings (SSSR count). The van der Waals surface area contributed by atoms with E-state index in [9.17, 15) is 4.79 Å². The van der Waals surface area contributed by atoms with E-state index in [0.717, 1.165) is 30.7 Å². The Bertz CT molecular complexity index is 544. The van der Waals surface area contributed by atoms with Crippen molar-refractivity contribution in [2.45, 2.75) is 47.0 Å². The molecule has 114 valence electrons. The van der Waals surface area contributed by atoms with E-state index in [0.29, 0.717) is 12.2 Å². The summed E-state index contributed by atoms with van der Waals surface area (Å²) >= 11 is 0. The molecule has 3 heteroatoms. The maximum Gasteiger partial charge on any atom is 0.333 e. The van der Waals surface area contributed by atoms with Gasteiger partial charge in [-0.2, -0.15) is 0 Å². The fourth-order valence-corrected chi connectivity index (χ4v) is 1.90. The summed E-state index contributed by atoms with van der Waals surface area (Å²) in [5.41, 5.74) is 5.08. The van der Waals surface area contributed by atoms with E-state index in [2.05, 4.69) is 33.4 Å². The molecular weight excluding hydrogens is 262 g/mol. The van der Waals surface area contributed by atoms with Crippen LogP contribution in [0.1, 0.15) is 44.2 Å². The third kappa shape index (κ3) is 5.54. The Balaban J connectivity index is 2.59. The van der Waals surface area contributed by atoms with Crippen LogP contribution in [-0.2, 0) is 9.53 Å². The Hall–Kier alpha value is -1.90. The molecule has 1 aromatic carbocycles. The van der Waals surface area contributed by atoms with Gasteiger partial charge in [0.2, 0.25) is 0 Å². The maximum absolute atomic E-state index is 11.3. The number of rotatable bonds is 7. The van der Waals surface area contributed by atoms with Gasteiger partial charge in [0.25, 0.3) is 0 Å². The van der Waals surface area contributed by atoms with Crippen molar-refractivity contribution >= 4 is 17.4 Å². The molecule has 0 aliphatic carbocycles. The van der Waals surface area contributed by atoms with Gasteiger partial charge in [-0.05, 0) is 57.2 Å². The molecule has 0 aliphatic rings. The third-order valence-corrected chi connectivity index (χ3v) is 3.45. The Labute approximate surface area is 127 Å². The summed E-state index contributed by atoms with van der Waals surface area (Å²) in [6, 6.07) is 6.17. The average Bonchev–Trinajstić information content (AvgIpc) is 2.46. The highest BCUT2D eigenvalue weighted by atomic mass is 16.5. The summed E-state index contributed by atoms with van der Waals surface area (Å²) < 4.78 is 5.10. The van der Waals surface area contributed by atoms with Crippen LogP contribution in [0.3, 0.4) is 0 Å². The van der Waals surface area contributed by atoms with Crippen molar-refractivity contribution in [1.82, 2.24) is 0 Å². The van der Waals surface area contributed by atoms with Crippen LogP contribution in [0.2, 0.25) is 0 Å². The van der Waals surface area contributed by atoms with Gasteiger partial charge in [-0.15, -0.1) is 0 Å². The van der Waals surface area contributed by atoms with E-state index in [1.807, 2.05) is 12.1 Å². The zero-order valence-corrected chi connectivity index (χ0v) is 13.5. The minimum absolute atomic E-state index is 0.320. The molecule has 0 bridgehead atoms. The number of hydrogen-bond acceptors (Lipinski definition) is 3. The van der Waals surface area contributed by atoms with Crippen molar-refractivity contribution in [1.29, 1.82) is 0 Å². The number of carbonyl (C=O) groups excluding carboxylic acids is 1. The fourth-order valence-electron chi connectivity index (χ4n) is 1.90. The lowest BCUT2D eigenvalue weighted by Gasteiger charge is -2.08. The maximum atomic E-state index is 11.3. The lowest BCUT2D eigenvalue weighted by atomic mass is 10.1. The topological polar surface area (TPSA) is 38.7 Å². The highest BCUT2D eigenvalue weighted by Crippen LogP contribution is 2.22. The highest BCUT2D eigenvalue weighted by Gasteiger charge is 2.05. The second-order valence-electron chi connectivity index (χ2n) is 5.27. The number of aryl methyl sites for hydroxylation is 1. The average molecular weight is 287 g/mol. The zero-order chi connectivity index (χ0) is 15.8. The van der Waals surface area contributed by atoms with E-state index >= 15 is 0 Å². The summed E-state index contributed by atoms with van der Waals surface area (Å²) in [7, 11) is 0. The molecule has 21 heavy (non-hydrogen) atoms. The predicted molar refractivity (Wildman–Crippen MR) is 88.3 cm³/mol. The Kier molecular flexibility index (Phi) is 6.86. The molecule has 0 amide bonds. The number of esters is 1. The molecule has 1 aromatic rings. The molecule has 0 heterocycles. The lowest BCUT2D eigenvalue weighted by Crippen LogP contribution is -2.07. The molecule has 0 saturated carbocycles. The second kappa shape index (κ2) is 8.40. The molecule has 0 saturated heterocycles. The van der Waals surface area contributed by atoms with Crippen LogP contribution in [0.5, 0.6) is 0 Å². The normalized spacial score (nSPS) is 11.3. The highest BCUT2D eigenvalue weighted by molar-refractivity contribution is 5.88. The van der Waals surface area contributed by atoms with Gasteiger partial charge in [0.15, 0.2) is 0 Å². The molecule has 0 spiro atoms. The summed E-state index contributed by atoms with van der Waals surface area (Å²) in [5, 5.41) is 0. The number of hydrogen-bond donors (Lipinski definition) is 0. The smallest absolute Gasteiger partial charge is 0.333 e. The van der Waals surface area contributed by atoms with Gasteiger partial charge >= 0.3 is 5.97 Å². The SMILES string of the molecule is C=C(C)C(=O)OCCCC(CC)=Nc1cccc(C)c1C. The van der Waals surface area contributed by atoms with Crippen molar-refractivity contribution in [2.75, 3.05) is 6.61 Å². The molecule has 0 atom stereocenters. The van der Waals surface area contributed by atoms with Crippen LogP contribution in [0.4, 0.5) is 5.69 Å². The van der Waals surface area contributed by atoms with E-state index in [-0.39, 0.29) is 5.97 Å². The van der Waals surface area contributed by atoms with E-state index in [1.54, 1.807) is 6.92 Å². The standard InChI is InChI=1S/C18H25NO2/c1-6-16(10-8-12-21-18(20)13(2)3)19-17-11-7-9-14(4)15(17)5/h7,9,11H,2,6,8,10,12H2,1,3-5H3. The first-order chi connectivity index (χ1) is 9.95. The van der Waals surface area contributed by atoms with Crippen molar-refractivity contribution in [3.63, 3.8) is 0 Å². The van der Waals surface area contributed by atoms with E-state index < -0.39 is 0 Å². The van der Waals surface area contributed by atoms with Crippen LogP contribution in [0.15, 0.2) is 35.3 Å². The first-order valence-corrected chi connectivity index (χ1v) is 7.41. The molecule has 0 aromatic heterocycles. The number of carbonyl (C=O) groups is 1. The minimum atomic E-state index is -0.320. The molecular formula is C18H25NO2. The quantitative estimate of drug-likeness (QED) is 0.316. The van der Waals surface area contributed by atoms with Crippen molar-refractivity contribution in [2.24, 2.45) is 4.99 Å². The predicted octanol–water partition coefficient (Wildman–Crippen LogP) is 4.69. The minimum Gasteiger partial charge on any atom is -0.462 e. The summed E-state index contributed by atoms with van der Waals surface area (Å²) in [6.07, 6.45) is 2.53. The van der Waals surface area contributed by atoms with Crippen LogP contribution in [0.25, 0.3) is 0 Å². The van der Waals surface area contributed by atoms with Gasteiger partial charge in [-0.1, -0.05) is 25.6 Å². The molecule has 0 N–H and O–H groups in total. The van der Waals surface area contributed by atoms with E-state index in [4.69, 9.17) is 9.73 Å². The largest absolute Gasteiger partial charge is 0.462 e. The van der Waals surface area contributed by atoms with Crippen molar-refractivity contribution < 1.29 is 9.53 Å². The van der Waals surface area contributed by atoms with Crippen molar-refractivity contribution in [3.8, 4) is 0 Å². The summed E-state index contributed by atoms with van der Waals surface area (Å²) in [5.74, 6) is -0.320. The number of nitrogens with zero attached hydrogens (tertiary/aromatic N) is 1. The molecule has 0 fully saturated rings. The molecule has 0 unspecified atom stereocenters. The summed E-state index contributed by atoms with van der Waals surface area (Å²) in [4.78, 5) is 16.0. The van der Waals surface area contributed by atoms with Crippen LogP contribution >= 0.6 is 0 Å². The number of benzene rings is 1. The van der Waals surface area contributed by atoms with Gasteiger partial charge in [0, 0.05) is 11.3 Å². The third-order valence-electron chi connectivity index (χ3n) is 3.45. The number of ether oxygens (including phenoxy) is 1. The van der Waals surface area contributed by atoms with Gasteiger partial charge < -0.3 is 4.74 Å². The van der Waals surface area contributed by atoms with Crippen LogP contribution in [0, 0.1) is 13.8 Å². The first kappa shape index (κ1) is 17.2. The molecule has 0 radical (unpaired) electrons. The van der Waals surface area contributed by atoms with Gasteiger partial charge in [-0.3, -0.25) is 4.99 Å². The number of aliphatic imine (C=N–C) groups is 1. The monoisotopic (exact) mass is 287 g/mol. The van der Waals surface area contributed by atoms with Crippen molar-refractivity contribution in [3.05, 3.63) is 41.5 Å². The Morgan fingerprint density at radius 3 is 2.67 bits per heavy atom. The van der Waals surface area contributed by atoms with Gasteiger partial charge in [-0.25, -0.2) is 4.79 Å². The fraction of sp³-hybridized carbons (Fsp3) is 0.444. The lowest BCUT2D eigenvalue weighted by molar-refractivity contribution is -0.138. The Morgan fingerprint density at radius 1 is 1.33 bits per heavy atom. The van der Waals surface area contributed by atoms with Crippen LogP contribution < -0.4 is 0 Å². The molecule has 3 nitrogen and oxygen atoms in total. The van der Waals surface area contributed by atoms with Gasteiger partial charge in [0.1, 0.15) is 0 Å². The summed E-state index contributed by atoms with van der Waals surface area (Å²) in [6.45, 7) is 11.9. The van der Waals surface area contributed by atoms with Gasteiger partial charge in [0.05, 0.1) is 12.3 Å². The molecule has 0 aliphatic heterocycles.